The van der Waals surface area contributed by atoms with Gasteiger partial charge >= 0.3 is 0 Å². The van der Waals surface area contributed by atoms with Crippen molar-refractivity contribution in [1.82, 2.24) is 0 Å². The molecule has 0 aliphatic carbocycles. The van der Waals surface area contributed by atoms with E-state index in [1.165, 1.54) is 5.56 Å². The lowest BCUT2D eigenvalue weighted by Gasteiger charge is -2.29. The van der Waals surface area contributed by atoms with Gasteiger partial charge in [0, 0.05) is 5.56 Å². The Morgan fingerprint density at radius 3 is 2.11 bits per heavy atom. The standard InChI is InChI=1S/C17H26O2/c1-7-16(3,4)13-9-10-14(17(5,6)8-2)15(11-13)19-12-18/h9-12H,7-8H2,1-6H3. The molecule has 0 bridgehead atoms. The van der Waals surface area contributed by atoms with Crippen molar-refractivity contribution in [1.29, 1.82) is 0 Å². The van der Waals surface area contributed by atoms with Crippen molar-refractivity contribution in [2.75, 3.05) is 0 Å². The molecule has 1 aromatic rings. The van der Waals surface area contributed by atoms with E-state index in [1.54, 1.807) is 0 Å². The molecule has 0 atom stereocenters. The van der Waals surface area contributed by atoms with Crippen molar-refractivity contribution in [2.24, 2.45) is 0 Å². The molecule has 2 nitrogen and oxygen atoms in total. The van der Waals surface area contributed by atoms with Gasteiger partial charge in [-0.05, 0) is 35.3 Å². The highest BCUT2D eigenvalue weighted by Crippen LogP contribution is 2.37. The van der Waals surface area contributed by atoms with Crippen LogP contribution in [0.1, 0.15) is 65.5 Å². The van der Waals surface area contributed by atoms with Crippen LogP contribution >= 0.6 is 0 Å². The number of hydrogen-bond donors (Lipinski definition) is 0. The van der Waals surface area contributed by atoms with Gasteiger partial charge in [-0.3, -0.25) is 4.79 Å². The summed E-state index contributed by atoms with van der Waals surface area (Å²) in [4.78, 5) is 10.8. The van der Waals surface area contributed by atoms with Gasteiger partial charge in [-0.1, -0.05) is 53.7 Å². The summed E-state index contributed by atoms with van der Waals surface area (Å²) < 4.78 is 5.22. The zero-order chi connectivity index (χ0) is 14.7. The zero-order valence-electron chi connectivity index (χ0n) is 13.0. The molecule has 0 fully saturated rings. The predicted molar refractivity (Wildman–Crippen MR) is 79.8 cm³/mol. The SMILES string of the molecule is CCC(C)(C)c1ccc(C(C)(C)CC)c(OC=O)c1. The average Bonchev–Trinajstić information content (AvgIpc) is 2.39. The van der Waals surface area contributed by atoms with Crippen LogP contribution in [0.25, 0.3) is 0 Å². The van der Waals surface area contributed by atoms with Crippen molar-refractivity contribution < 1.29 is 9.53 Å². The Hall–Kier alpha value is -1.31. The largest absolute Gasteiger partial charge is 0.428 e. The second-order valence-electron chi connectivity index (χ2n) is 6.40. The van der Waals surface area contributed by atoms with Crippen molar-refractivity contribution in [2.45, 2.75) is 65.2 Å². The summed E-state index contributed by atoms with van der Waals surface area (Å²) >= 11 is 0. The fourth-order valence-corrected chi connectivity index (χ4v) is 2.05. The van der Waals surface area contributed by atoms with Crippen LogP contribution in [0.15, 0.2) is 18.2 Å². The second kappa shape index (κ2) is 5.77. The highest BCUT2D eigenvalue weighted by molar-refractivity contribution is 5.52. The molecule has 0 unspecified atom stereocenters. The van der Waals surface area contributed by atoms with E-state index in [9.17, 15) is 4.79 Å². The normalized spacial score (nSPS) is 12.3. The third-order valence-corrected chi connectivity index (χ3v) is 4.44. The maximum Gasteiger partial charge on any atom is 0.298 e. The van der Waals surface area contributed by atoms with Crippen molar-refractivity contribution in [3.8, 4) is 5.75 Å². The molecule has 0 heterocycles. The van der Waals surface area contributed by atoms with Gasteiger partial charge < -0.3 is 4.74 Å². The minimum atomic E-state index is 0.00717. The molecule has 1 aromatic carbocycles. The highest BCUT2D eigenvalue weighted by Gasteiger charge is 2.25. The first kappa shape index (κ1) is 15.7. The number of carbonyl (C=O) groups excluding carboxylic acids is 1. The fourth-order valence-electron chi connectivity index (χ4n) is 2.05. The van der Waals surface area contributed by atoms with Gasteiger partial charge in [-0.25, -0.2) is 0 Å². The van der Waals surface area contributed by atoms with Crippen molar-refractivity contribution in [3.05, 3.63) is 29.3 Å². The first-order valence-corrected chi connectivity index (χ1v) is 7.03. The smallest absolute Gasteiger partial charge is 0.298 e. The van der Waals surface area contributed by atoms with Gasteiger partial charge in [0.15, 0.2) is 0 Å². The Morgan fingerprint density at radius 2 is 1.63 bits per heavy atom. The number of hydrogen-bond acceptors (Lipinski definition) is 2. The molecule has 1 rings (SSSR count). The maximum absolute atomic E-state index is 10.8. The van der Waals surface area contributed by atoms with Crippen LogP contribution in [-0.2, 0) is 15.6 Å². The van der Waals surface area contributed by atoms with E-state index in [2.05, 4.69) is 53.7 Å². The summed E-state index contributed by atoms with van der Waals surface area (Å²) in [7, 11) is 0. The molecule has 0 saturated carbocycles. The monoisotopic (exact) mass is 262 g/mol. The molecule has 19 heavy (non-hydrogen) atoms. The summed E-state index contributed by atoms with van der Waals surface area (Å²) in [6.45, 7) is 13.6. The lowest BCUT2D eigenvalue weighted by Crippen LogP contribution is -2.20. The maximum atomic E-state index is 10.8. The van der Waals surface area contributed by atoms with E-state index < -0.39 is 0 Å². The molecule has 0 N–H and O–H groups in total. The summed E-state index contributed by atoms with van der Waals surface area (Å²) in [5.74, 6) is 0.695. The van der Waals surface area contributed by atoms with Crippen LogP contribution in [0.3, 0.4) is 0 Å². The van der Waals surface area contributed by atoms with Gasteiger partial charge in [-0.15, -0.1) is 0 Å². The summed E-state index contributed by atoms with van der Waals surface area (Å²) in [5.41, 5.74) is 2.41. The average molecular weight is 262 g/mol. The summed E-state index contributed by atoms with van der Waals surface area (Å²) in [6, 6.07) is 6.29. The van der Waals surface area contributed by atoms with Gasteiger partial charge in [0.1, 0.15) is 5.75 Å². The Morgan fingerprint density at radius 1 is 1.05 bits per heavy atom. The molecule has 0 spiro atoms. The Bertz CT molecular complexity index is 445. The first-order chi connectivity index (χ1) is 8.78. The van der Waals surface area contributed by atoms with E-state index in [0.717, 1.165) is 18.4 Å². The zero-order valence-corrected chi connectivity index (χ0v) is 13.0. The van der Waals surface area contributed by atoms with Crippen LogP contribution in [0.5, 0.6) is 5.75 Å². The summed E-state index contributed by atoms with van der Waals surface area (Å²) in [5, 5.41) is 0. The molecule has 0 amide bonds. The quantitative estimate of drug-likeness (QED) is 0.700. The third-order valence-electron chi connectivity index (χ3n) is 4.44. The van der Waals surface area contributed by atoms with E-state index >= 15 is 0 Å². The van der Waals surface area contributed by atoms with E-state index in [1.807, 2.05) is 6.07 Å². The molecule has 106 valence electrons. The third kappa shape index (κ3) is 3.37. The minimum Gasteiger partial charge on any atom is -0.428 e. The predicted octanol–water partition coefficient (Wildman–Crippen LogP) is 4.60. The number of benzene rings is 1. The van der Waals surface area contributed by atoms with Crippen LogP contribution in [0, 0.1) is 0 Å². The van der Waals surface area contributed by atoms with Crippen LogP contribution in [0.2, 0.25) is 0 Å². The highest BCUT2D eigenvalue weighted by atomic mass is 16.5. The van der Waals surface area contributed by atoms with Crippen LogP contribution in [0.4, 0.5) is 0 Å². The van der Waals surface area contributed by atoms with Crippen molar-refractivity contribution >= 4 is 6.47 Å². The Labute approximate surface area is 117 Å². The molecular formula is C17H26O2. The van der Waals surface area contributed by atoms with E-state index in [0.29, 0.717) is 12.2 Å². The van der Waals surface area contributed by atoms with Gasteiger partial charge in [0.2, 0.25) is 0 Å². The van der Waals surface area contributed by atoms with E-state index in [-0.39, 0.29) is 10.8 Å². The van der Waals surface area contributed by atoms with Gasteiger partial charge in [-0.2, -0.15) is 0 Å². The molecule has 0 aliphatic rings. The topological polar surface area (TPSA) is 26.3 Å². The molecule has 0 radical (unpaired) electrons. The number of rotatable bonds is 6. The Kier molecular flexibility index (Phi) is 4.78. The summed E-state index contributed by atoms with van der Waals surface area (Å²) in [6.07, 6.45) is 2.04. The van der Waals surface area contributed by atoms with Crippen molar-refractivity contribution in [3.63, 3.8) is 0 Å². The number of carbonyl (C=O) groups is 1. The lowest BCUT2D eigenvalue weighted by atomic mass is 9.77. The second-order valence-corrected chi connectivity index (χ2v) is 6.40. The first-order valence-electron chi connectivity index (χ1n) is 7.03. The van der Waals surface area contributed by atoms with E-state index in [4.69, 9.17) is 4.74 Å². The van der Waals surface area contributed by atoms with Crippen LogP contribution in [-0.4, -0.2) is 6.47 Å². The molecule has 0 saturated heterocycles. The Balaban J connectivity index is 3.34. The minimum absolute atomic E-state index is 0.00717. The fraction of sp³-hybridized carbons (Fsp3) is 0.588. The van der Waals surface area contributed by atoms with Gasteiger partial charge in [0.05, 0.1) is 0 Å². The lowest BCUT2D eigenvalue weighted by molar-refractivity contribution is -0.120. The number of ether oxygens (including phenoxy) is 1. The molecule has 0 aliphatic heterocycles. The molecular weight excluding hydrogens is 236 g/mol. The molecule has 0 aromatic heterocycles. The van der Waals surface area contributed by atoms with Crippen LogP contribution < -0.4 is 4.74 Å². The molecule has 2 heteroatoms. The van der Waals surface area contributed by atoms with Gasteiger partial charge in [0.25, 0.3) is 6.47 Å².